The average Bonchev–Trinajstić information content (AvgIpc) is 2.32. The largest absolute Gasteiger partial charge is 0.496 e. The number of methoxy groups -OCH3 is 1. The minimum absolute atomic E-state index is 0.0964. The van der Waals surface area contributed by atoms with Crippen LogP contribution in [0, 0.1) is 5.92 Å². The first kappa shape index (κ1) is 18.1. The van der Waals surface area contributed by atoms with Crippen molar-refractivity contribution in [2.75, 3.05) is 7.11 Å². The van der Waals surface area contributed by atoms with Crippen molar-refractivity contribution in [2.24, 2.45) is 5.92 Å². The van der Waals surface area contributed by atoms with Crippen molar-refractivity contribution >= 4 is 0 Å². The monoisotopic (exact) mass is 290 g/mol. The van der Waals surface area contributed by atoms with Crippen molar-refractivity contribution in [1.29, 1.82) is 0 Å². The molecule has 0 unspecified atom stereocenters. The van der Waals surface area contributed by atoms with E-state index in [1.165, 1.54) is 23.1 Å². The molecule has 0 aliphatic heterocycles. The van der Waals surface area contributed by atoms with E-state index in [9.17, 15) is 0 Å². The average molecular weight is 290 g/mol. The van der Waals surface area contributed by atoms with Gasteiger partial charge in [-0.2, -0.15) is 0 Å². The van der Waals surface area contributed by atoms with E-state index in [4.69, 9.17) is 4.74 Å². The number of benzene rings is 1. The standard InChI is InChI=1S/C20H34O/c1-14(2)10-11-15-12-16(19(3,4)5)18(21-9)17(13-15)20(6,7)8/h12-14H,10-11H2,1-9H3. The van der Waals surface area contributed by atoms with Crippen molar-refractivity contribution in [1.82, 2.24) is 0 Å². The molecule has 0 bridgehead atoms. The van der Waals surface area contributed by atoms with Crippen LogP contribution >= 0.6 is 0 Å². The number of hydrogen-bond acceptors (Lipinski definition) is 1. The lowest BCUT2D eigenvalue weighted by atomic mass is 9.78. The molecule has 1 heteroatoms. The predicted molar refractivity (Wildman–Crippen MR) is 93.6 cm³/mol. The van der Waals surface area contributed by atoms with E-state index < -0.39 is 0 Å². The maximum absolute atomic E-state index is 5.81. The molecule has 1 aromatic carbocycles. The molecule has 0 N–H and O–H groups in total. The van der Waals surface area contributed by atoms with Gasteiger partial charge in [0, 0.05) is 11.1 Å². The molecule has 0 aromatic heterocycles. The smallest absolute Gasteiger partial charge is 0.126 e. The lowest BCUT2D eigenvalue weighted by molar-refractivity contribution is 0.381. The molecule has 0 aliphatic rings. The molecule has 120 valence electrons. The van der Waals surface area contributed by atoms with Gasteiger partial charge < -0.3 is 4.74 Å². The van der Waals surface area contributed by atoms with Crippen LogP contribution < -0.4 is 4.74 Å². The fraction of sp³-hybridized carbons (Fsp3) is 0.700. The molecule has 0 atom stereocenters. The Bertz CT molecular complexity index is 435. The lowest BCUT2D eigenvalue weighted by Gasteiger charge is -2.30. The molecule has 1 aromatic rings. The summed E-state index contributed by atoms with van der Waals surface area (Å²) in [4.78, 5) is 0. The van der Waals surface area contributed by atoms with Gasteiger partial charge in [-0.3, -0.25) is 0 Å². The summed E-state index contributed by atoms with van der Waals surface area (Å²) < 4.78 is 5.81. The van der Waals surface area contributed by atoms with Crippen molar-refractivity contribution in [2.45, 2.75) is 79.1 Å². The van der Waals surface area contributed by atoms with Gasteiger partial charge in [-0.25, -0.2) is 0 Å². The summed E-state index contributed by atoms with van der Waals surface area (Å²) in [6.07, 6.45) is 2.38. The Morgan fingerprint density at radius 1 is 0.905 bits per heavy atom. The van der Waals surface area contributed by atoms with Gasteiger partial charge in [0.05, 0.1) is 7.11 Å². The van der Waals surface area contributed by atoms with Crippen LogP contribution in [0.5, 0.6) is 5.75 Å². The maximum atomic E-state index is 5.81. The van der Waals surface area contributed by atoms with Gasteiger partial charge in [-0.05, 0) is 35.2 Å². The molecule has 0 aliphatic carbocycles. The molecule has 0 amide bonds. The van der Waals surface area contributed by atoms with Crippen LogP contribution in [0.15, 0.2) is 12.1 Å². The molecule has 0 saturated carbocycles. The van der Waals surface area contributed by atoms with Crippen molar-refractivity contribution in [3.8, 4) is 5.75 Å². The van der Waals surface area contributed by atoms with Crippen LogP contribution in [0.4, 0.5) is 0 Å². The third kappa shape index (κ3) is 4.76. The van der Waals surface area contributed by atoms with Gasteiger partial charge in [0.15, 0.2) is 0 Å². The minimum Gasteiger partial charge on any atom is -0.496 e. The van der Waals surface area contributed by atoms with Gasteiger partial charge in [0.2, 0.25) is 0 Å². The van der Waals surface area contributed by atoms with E-state index >= 15 is 0 Å². The highest BCUT2D eigenvalue weighted by Crippen LogP contribution is 2.40. The Balaban J connectivity index is 3.44. The Kier molecular flexibility index (Phi) is 5.52. The van der Waals surface area contributed by atoms with Crippen LogP contribution in [-0.2, 0) is 17.3 Å². The fourth-order valence-electron chi connectivity index (χ4n) is 2.62. The predicted octanol–water partition coefficient (Wildman–Crippen LogP) is 5.88. The second-order valence-corrected chi connectivity index (χ2v) is 8.66. The number of ether oxygens (including phenoxy) is 1. The van der Waals surface area contributed by atoms with Crippen LogP contribution in [0.3, 0.4) is 0 Å². The zero-order valence-corrected chi connectivity index (χ0v) is 15.6. The van der Waals surface area contributed by atoms with Crippen LogP contribution in [0.25, 0.3) is 0 Å². The fourth-order valence-corrected chi connectivity index (χ4v) is 2.62. The summed E-state index contributed by atoms with van der Waals surface area (Å²) in [6.45, 7) is 18.2. The summed E-state index contributed by atoms with van der Waals surface area (Å²) in [7, 11) is 1.80. The number of aryl methyl sites for hydroxylation is 1. The van der Waals surface area contributed by atoms with E-state index in [2.05, 4.69) is 67.5 Å². The molecule has 0 heterocycles. The molecule has 1 nitrogen and oxygen atoms in total. The zero-order chi connectivity index (χ0) is 16.4. The molecule has 0 spiro atoms. The highest BCUT2D eigenvalue weighted by Gasteiger charge is 2.27. The van der Waals surface area contributed by atoms with Crippen LogP contribution in [0.1, 0.15) is 78.5 Å². The molecule has 21 heavy (non-hydrogen) atoms. The second kappa shape index (κ2) is 6.42. The van der Waals surface area contributed by atoms with Gasteiger partial charge in [-0.15, -0.1) is 0 Å². The first-order chi connectivity index (χ1) is 9.46. The highest BCUT2D eigenvalue weighted by molar-refractivity contribution is 5.50. The molecular weight excluding hydrogens is 256 g/mol. The quantitative estimate of drug-likeness (QED) is 0.673. The third-order valence-electron chi connectivity index (χ3n) is 3.98. The Morgan fingerprint density at radius 2 is 1.33 bits per heavy atom. The topological polar surface area (TPSA) is 9.23 Å². The van der Waals surface area contributed by atoms with Crippen molar-refractivity contribution < 1.29 is 4.74 Å². The molecule has 1 rings (SSSR count). The summed E-state index contributed by atoms with van der Waals surface area (Å²) in [5.41, 5.74) is 4.30. The van der Waals surface area contributed by atoms with E-state index in [1.807, 2.05) is 0 Å². The highest BCUT2D eigenvalue weighted by atomic mass is 16.5. The summed E-state index contributed by atoms with van der Waals surface area (Å²) in [6, 6.07) is 4.72. The normalized spacial score (nSPS) is 12.9. The maximum Gasteiger partial charge on any atom is 0.126 e. The van der Waals surface area contributed by atoms with E-state index in [-0.39, 0.29) is 10.8 Å². The van der Waals surface area contributed by atoms with Crippen molar-refractivity contribution in [3.05, 3.63) is 28.8 Å². The number of rotatable bonds is 4. The van der Waals surface area contributed by atoms with Gasteiger partial charge in [0.25, 0.3) is 0 Å². The van der Waals surface area contributed by atoms with Gasteiger partial charge in [0.1, 0.15) is 5.75 Å². The second-order valence-electron chi connectivity index (χ2n) is 8.66. The summed E-state index contributed by atoms with van der Waals surface area (Å²) in [5, 5.41) is 0. The van der Waals surface area contributed by atoms with E-state index in [1.54, 1.807) is 7.11 Å². The zero-order valence-electron chi connectivity index (χ0n) is 15.6. The summed E-state index contributed by atoms with van der Waals surface area (Å²) in [5.74, 6) is 1.81. The molecule has 0 saturated heterocycles. The van der Waals surface area contributed by atoms with Crippen LogP contribution in [-0.4, -0.2) is 7.11 Å². The molecule has 0 radical (unpaired) electrons. The molecule has 0 fully saturated rings. The minimum atomic E-state index is 0.0964. The van der Waals surface area contributed by atoms with Crippen LogP contribution in [0.2, 0.25) is 0 Å². The van der Waals surface area contributed by atoms with Gasteiger partial charge >= 0.3 is 0 Å². The van der Waals surface area contributed by atoms with Gasteiger partial charge in [-0.1, -0.05) is 67.5 Å². The first-order valence-corrected chi connectivity index (χ1v) is 8.18. The van der Waals surface area contributed by atoms with E-state index in [0.717, 1.165) is 18.1 Å². The number of hydrogen-bond donors (Lipinski definition) is 0. The summed E-state index contributed by atoms with van der Waals surface area (Å²) >= 11 is 0. The third-order valence-corrected chi connectivity index (χ3v) is 3.98. The lowest BCUT2D eigenvalue weighted by Crippen LogP contribution is -2.19. The SMILES string of the molecule is COc1c(C(C)(C)C)cc(CCC(C)C)cc1C(C)(C)C. The van der Waals surface area contributed by atoms with E-state index in [0.29, 0.717) is 0 Å². The Labute approximate surface area is 132 Å². The Morgan fingerprint density at radius 3 is 1.62 bits per heavy atom. The van der Waals surface area contributed by atoms with Crippen molar-refractivity contribution in [3.63, 3.8) is 0 Å². The molecular formula is C20H34O. The first-order valence-electron chi connectivity index (χ1n) is 8.18. The Hall–Kier alpha value is -0.980.